The van der Waals surface area contributed by atoms with E-state index < -0.39 is 0 Å². The molecule has 1 aromatic heterocycles. The molecule has 0 radical (unpaired) electrons. The highest BCUT2D eigenvalue weighted by atomic mass is 15.0. The molecule has 2 aromatic rings. The van der Waals surface area contributed by atoms with Gasteiger partial charge in [-0.05, 0) is 37.3 Å². The van der Waals surface area contributed by atoms with Crippen LogP contribution in [-0.4, -0.2) is 4.57 Å². The lowest BCUT2D eigenvalue weighted by Gasteiger charge is -2.31. The Bertz CT molecular complexity index is 591. The van der Waals surface area contributed by atoms with Crippen molar-refractivity contribution in [3.63, 3.8) is 0 Å². The van der Waals surface area contributed by atoms with E-state index in [0.717, 1.165) is 6.54 Å². The molecule has 18 heavy (non-hydrogen) atoms. The Morgan fingerprint density at radius 2 is 2.17 bits per heavy atom. The summed E-state index contributed by atoms with van der Waals surface area (Å²) in [6, 6.07) is 8.81. The number of nitrogens with zero attached hydrogens (tertiary/aromatic N) is 1. The molecule has 1 aliphatic heterocycles. The molecule has 0 saturated heterocycles. The van der Waals surface area contributed by atoms with Crippen molar-refractivity contribution in [2.45, 2.75) is 39.2 Å². The van der Waals surface area contributed by atoms with Crippen LogP contribution in [0.25, 0.3) is 10.9 Å². The van der Waals surface area contributed by atoms with Crippen molar-refractivity contribution in [1.82, 2.24) is 4.57 Å². The molecule has 2 atom stereocenters. The van der Waals surface area contributed by atoms with Crippen molar-refractivity contribution < 1.29 is 0 Å². The largest absolute Gasteiger partial charge is 0.344 e. The second kappa shape index (κ2) is 4.31. The first-order valence-corrected chi connectivity index (χ1v) is 6.98. The monoisotopic (exact) mass is 239 g/mol. The van der Waals surface area contributed by atoms with Crippen LogP contribution in [0.15, 0.2) is 36.9 Å². The fourth-order valence-electron chi connectivity index (χ4n) is 3.68. The average molecular weight is 239 g/mol. The fraction of sp³-hybridized carbons (Fsp3) is 0.412. The third kappa shape index (κ3) is 1.46. The first kappa shape index (κ1) is 11.6. The van der Waals surface area contributed by atoms with Gasteiger partial charge in [0.1, 0.15) is 0 Å². The van der Waals surface area contributed by atoms with Crippen LogP contribution < -0.4 is 0 Å². The van der Waals surface area contributed by atoms with Gasteiger partial charge < -0.3 is 4.57 Å². The molecule has 0 amide bonds. The zero-order valence-corrected chi connectivity index (χ0v) is 11.3. The summed E-state index contributed by atoms with van der Waals surface area (Å²) in [7, 11) is 0. The number of hydrogen-bond donors (Lipinski definition) is 0. The minimum absolute atomic E-state index is 0.642. The lowest BCUT2D eigenvalue weighted by Crippen LogP contribution is -2.23. The first-order chi connectivity index (χ1) is 8.77. The van der Waals surface area contributed by atoms with Gasteiger partial charge in [0.05, 0.1) is 0 Å². The molecule has 0 spiro atoms. The molecule has 0 saturated carbocycles. The van der Waals surface area contributed by atoms with Crippen LogP contribution in [0, 0.1) is 12.8 Å². The molecule has 0 fully saturated rings. The molecule has 1 aromatic carbocycles. The predicted octanol–water partition coefficient (Wildman–Crippen LogP) is 4.65. The number of benzene rings is 1. The van der Waals surface area contributed by atoms with Gasteiger partial charge in [-0.1, -0.05) is 31.2 Å². The van der Waals surface area contributed by atoms with Gasteiger partial charge in [0.15, 0.2) is 0 Å². The van der Waals surface area contributed by atoms with Crippen molar-refractivity contribution in [2.24, 2.45) is 5.92 Å². The van der Waals surface area contributed by atoms with E-state index in [1.54, 1.807) is 5.69 Å². The Labute approximate surface area is 109 Å². The molecular formula is C17H21N. The normalized spacial score (nSPS) is 23.0. The highest BCUT2D eigenvalue weighted by Crippen LogP contribution is 2.41. The first-order valence-electron chi connectivity index (χ1n) is 6.98. The molecule has 1 heteroatoms. The summed E-state index contributed by atoms with van der Waals surface area (Å²) in [6.45, 7) is 9.75. The molecule has 2 unspecified atom stereocenters. The Morgan fingerprint density at radius 1 is 1.39 bits per heavy atom. The molecule has 1 aliphatic rings. The van der Waals surface area contributed by atoms with Crippen molar-refractivity contribution in [1.29, 1.82) is 0 Å². The lowest BCUT2D eigenvalue weighted by atomic mass is 9.81. The maximum atomic E-state index is 4.03. The van der Waals surface area contributed by atoms with Crippen molar-refractivity contribution in [2.75, 3.05) is 0 Å². The van der Waals surface area contributed by atoms with Gasteiger partial charge in [-0.15, -0.1) is 6.58 Å². The van der Waals surface area contributed by atoms with E-state index in [9.17, 15) is 0 Å². The summed E-state index contributed by atoms with van der Waals surface area (Å²) in [5, 5.41) is 1.43. The number of allylic oxidation sites excluding steroid dienone is 1. The number of rotatable bonds is 2. The summed E-state index contributed by atoms with van der Waals surface area (Å²) in [4.78, 5) is 0. The number of para-hydroxylation sites is 1. The zero-order chi connectivity index (χ0) is 12.7. The standard InChI is InChI=1S/C17H21N/c1-4-13-10-11-18-16-9-7-6-8-15(16)12(3)17(18)14(13)5-2/h4,6-9,13-14H,1,5,10-11H2,2-3H3. The van der Waals surface area contributed by atoms with Crippen LogP contribution in [-0.2, 0) is 6.54 Å². The molecule has 3 rings (SSSR count). The third-order valence-electron chi connectivity index (χ3n) is 4.57. The maximum absolute atomic E-state index is 4.03. The van der Waals surface area contributed by atoms with Crippen molar-refractivity contribution in [3.8, 4) is 0 Å². The maximum Gasteiger partial charge on any atom is 0.0485 e. The number of aromatic nitrogens is 1. The predicted molar refractivity (Wildman–Crippen MR) is 78.0 cm³/mol. The van der Waals surface area contributed by atoms with Crippen LogP contribution in [0.4, 0.5) is 0 Å². The SMILES string of the molecule is C=CC1CCn2c(c(C)c3ccccc32)C1CC. The van der Waals surface area contributed by atoms with Crippen molar-refractivity contribution in [3.05, 3.63) is 48.2 Å². The second-order valence-electron chi connectivity index (χ2n) is 5.38. The van der Waals surface area contributed by atoms with Gasteiger partial charge in [0.25, 0.3) is 0 Å². The van der Waals surface area contributed by atoms with Crippen LogP contribution in [0.2, 0.25) is 0 Å². The van der Waals surface area contributed by atoms with Crippen molar-refractivity contribution >= 4 is 10.9 Å². The number of aryl methyl sites for hydroxylation is 2. The molecule has 94 valence electrons. The average Bonchev–Trinajstić information content (AvgIpc) is 2.72. The van der Waals surface area contributed by atoms with E-state index in [-0.39, 0.29) is 0 Å². The Balaban J connectivity index is 2.27. The van der Waals surface area contributed by atoms with Gasteiger partial charge >= 0.3 is 0 Å². The molecule has 0 bridgehead atoms. The van der Waals surface area contributed by atoms with E-state index in [0.29, 0.717) is 11.8 Å². The van der Waals surface area contributed by atoms with Gasteiger partial charge in [-0.3, -0.25) is 0 Å². The van der Waals surface area contributed by atoms with Crippen LogP contribution >= 0.6 is 0 Å². The summed E-state index contributed by atoms with van der Waals surface area (Å²) in [5.41, 5.74) is 4.44. The van der Waals surface area contributed by atoms with E-state index in [4.69, 9.17) is 0 Å². The van der Waals surface area contributed by atoms with E-state index >= 15 is 0 Å². The summed E-state index contributed by atoms with van der Waals surface area (Å²) < 4.78 is 2.54. The van der Waals surface area contributed by atoms with E-state index in [1.165, 1.54) is 29.3 Å². The summed E-state index contributed by atoms with van der Waals surface area (Å²) in [6.07, 6.45) is 4.59. The topological polar surface area (TPSA) is 4.93 Å². The van der Waals surface area contributed by atoms with Gasteiger partial charge in [0.2, 0.25) is 0 Å². The zero-order valence-electron chi connectivity index (χ0n) is 11.3. The minimum atomic E-state index is 0.642. The lowest BCUT2D eigenvalue weighted by molar-refractivity contribution is 0.370. The Kier molecular flexibility index (Phi) is 2.77. The second-order valence-corrected chi connectivity index (χ2v) is 5.38. The molecule has 2 heterocycles. The highest BCUT2D eigenvalue weighted by molar-refractivity contribution is 5.85. The van der Waals surface area contributed by atoms with Crippen LogP contribution in [0.5, 0.6) is 0 Å². The van der Waals surface area contributed by atoms with Gasteiger partial charge in [0, 0.05) is 29.1 Å². The molecule has 0 N–H and O–H groups in total. The smallest absolute Gasteiger partial charge is 0.0485 e. The van der Waals surface area contributed by atoms with E-state index in [1.807, 2.05) is 0 Å². The highest BCUT2D eigenvalue weighted by Gasteiger charge is 2.29. The third-order valence-corrected chi connectivity index (χ3v) is 4.57. The summed E-state index contributed by atoms with van der Waals surface area (Å²) in [5.74, 6) is 1.29. The van der Waals surface area contributed by atoms with E-state index in [2.05, 4.69) is 55.3 Å². The molecular weight excluding hydrogens is 218 g/mol. The quantitative estimate of drug-likeness (QED) is 0.672. The van der Waals surface area contributed by atoms with Crippen LogP contribution in [0.3, 0.4) is 0 Å². The Morgan fingerprint density at radius 3 is 2.89 bits per heavy atom. The molecule has 0 aliphatic carbocycles. The molecule has 1 nitrogen and oxygen atoms in total. The number of fused-ring (bicyclic) bond motifs is 3. The number of hydrogen-bond acceptors (Lipinski definition) is 0. The van der Waals surface area contributed by atoms with Crippen LogP contribution in [0.1, 0.15) is 36.9 Å². The Hall–Kier alpha value is -1.50. The summed E-state index contributed by atoms with van der Waals surface area (Å²) >= 11 is 0. The van der Waals surface area contributed by atoms with Gasteiger partial charge in [-0.2, -0.15) is 0 Å². The minimum Gasteiger partial charge on any atom is -0.344 e. The fourth-order valence-corrected chi connectivity index (χ4v) is 3.68. The van der Waals surface area contributed by atoms with Gasteiger partial charge in [-0.25, -0.2) is 0 Å².